The van der Waals surface area contributed by atoms with E-state index >= 15 is 0 Å². The summed E-state index contributed by atoms with van der Waals surface area (Å²) in [4.78, 5) is 23.2. The summed E-state index contributed by atoms with van der Waals surface area (Å²) in [5.74, 6) is -2.91. The van der Waals surface area contributed by atoms with Crippen molar-refractivity contribution in [1.29, 1.82) is 0 Å². The fourth-order valence-electron chi connectivity index (χ4n) is 2.64. The quantitative estimate of drug-likeness (QED) is 0.558. The molecule has 1 aromatic rings. The summed E-state index contributed by atoms with van der Waals surface area (Å²) in [6.45, 7) is 5.09. The molecule has 1 saturated heterocycles. The molecule has 8 nitrogen and oxygen atoms in total. The standard InChI is InChI=1S/C16H24BrN3O3S.C2HF3O2/c1-2-9-19(16(21)14-3-5-15(17)6-4-14)12-13-24(22,23)20-10-7-18-8-11-20;3-2(4,5)1(6)7/h3-6,18H,2,7-13H2,1H3;(H,6,7). The lowest BCUT2D eigenvalue weighted by Gasteiger charge is -2.28. The Morgan fingerprint density at radius 2 is 1.68 bits per heavy atom. The molecule has 0 unspecified atom stereocenters. The minimum Gasteiger partial charge on any atom is -0.475 e. The number of nitrogens with zero attached hydrogens (tertiary/aromatic N) is 2. The predicted molar refractivity (Wildman–Crippen MR) is 112 cm³/mol. The van der Waals surface area contributed by atoms with Crippen molar-refractivity contribution in [1.82, 2.24) is 14.5 Å². The number of carbonyl (C=O) groups is 2. The number of piperazine rings is 1. The van der Waals surface area contributed by atoms with Crippen molar-refractivity contribution in [2.45, 2.75) is 19.5 Å². The van der Waals surface area contributed by atoms with E-state index in [0.717, 1.165) is 10.9 Å². The van der Waals surface area contributed by atoms with Crippen molar-refractivity contribution < 1.29 is 36.3 Å². The number of carboxylic acid groups (broad SMARTS) is 1. The van der Waals surface area contributed by atoms with Crippen molar-refractivity contribution in [3.05, 3.63) is 34.3 Å². The van der Waals surface area contributed by atoms with E-state index in [-0.39, 0.29) is 18.2 Å². The maximum atomic E-state index is 12.6. The summed E-state index contributed by atoms with van der Waals surface area (Å²) < 4.78 is 59.1. The third-order valence-electron chi connectivity index (χ3n) is 4.20. The van der Waals surface area contributed by atoms with Gasteiger partial charge in [-0.25, -0.2) is 13.2 Å². The fraction of sp³-hybridized carbons (Fsp3) is 0.556. The van der Waals surface area contributed by atoms with Crippen molar-refractivity contribution in [3.8, 4) is 0 Å². The van der Waals surface area contributed by atoms with Crippen molar-refractivity contribution in [2.24, 2.45) is 0 Å². The molecule has 1 aliphatic heterocycles. The van der Waals surface area contributed by atoms with Crippen LogP contribution in [0.2, 0.25) is 0 Å². The molecule has 2 rings (SSSR count). The molecule has 0 radical (unpaired) electrons. The number of aliphatic carboxylic acids is 1. The second-order valence-electron chi connectivity index (χ2n) is 6.57. The second kappa shape index (κ2) is 12.4. The van der Waals surface area contributed by atoms with E-state index in [9.17, 15) is 26.4 Å². The lowest BCUT2D eigenvalue weighted by molar-refractivity contribution is -0.192. The Bertz CT molecular complexity index is 829. The number of sulfonamides is 1. The number of carbonyl (C=O) groups excluding carboxylic acids is 1. The van der Waals surface area contributed by atoms with Crippen molar-refractivity contribution in [3.63, 3.8) is 0 Å². The maximum Gasteiger partial charge on any atom is 0.490 e. The van der Waals surface area contributed by atoms with Gasteiger partial charge in [-0.1, -0.05) is 22.9 Å². The Morgan fingerprint density at radius 3 is 2.13 bits per heavy atom. The van der Waals surface area contributed by atoms with Crippen LogP contribution in [0.4, 0.5) is 13.2 Å². The average molecular weight is 532 g/mol. The van der Waals surface area contributed by atoms with E-state index in [4.69, 9.17) is 9.90 Å². The van der Waals surface area contributed by atoms with Crippen LogP contribution < -0.4 is 5.32 Å². The third kappa shape index (κ3) is 9.54. The molecule has 1 heterocycles. The molecular formula is C18H25BrF3N3O5S. The van der Waals surface area contributed by atoms with Crippen LogP contribution in [0, 0.1) is 0 Å². The minimum absolute atomic E-state index is 0.0325. The molecule has 0 aromatic heterocycles. The number of hydrogen-bond acceptors (Lipinski definition) is 5. The SMILES string of the molecule is CCCN(CCS(=O)(=O)N1CCNCC1)C(=O)c1ccc(Br)cc1.O=C(O)C(F)(F)F. The molecule has 176 valence electrons. The van der Waals surface area contributed by atoms with Gasteiger partial charge in [-0.05, 0) is 30.7 Å². The van der Waals surface area contributed by atoms with Gasteiger partial charge in [-0.15, -0.1) is 0 Å². The molecule has 13 heteroatoms. The van der Waals surface area contributed by atoms with E-state index in [0.29, 0.717) is 38.3 Å². The number of rotatable bonds is 7. The summed E-state index contributed by atoms with van der Waals surface area (Å²) in [7, 11) is -3.33. The Balaban J connectivity index is 0.000000592. The van der Waals surface area contributed by atoms with E-state index in [1.54, 1.807) is 17.0 Å². The summed E-state index contributed by atoms with van der Waals surface area (Å²) >= 11 is 3.35. The minimum atomic E-state index is -5.08. The summed E-state index contributed by atoms with van der Waals surface area (Å²) in [5, 5.41) is 10.3. The van der Waals surface area contributed by atoms with Crippen LogP contribution in [0.1, 0.15) is 23.7 Å². The van der Waals surface area contributed by atoms with Crippen LogP contribution in [0.15, 0.2) is 28.7 Å². The van der Waals surface area contributed by atoms with E-state index < -0.39 is 22.2 Å². The van der Waals surface area contributed by atoms with Gasteiger partial charge in [0, 0.05) is 49.3 Å². The molecule has 1 aliphatic rings. The van der Waals surface area contributed by atoms with Gasteiger partial charge in [0.05, 0.1) is 5.75 Å². The first-order valence-corrected chi connectivity index (χ1v) is 11.8. The molecule has 1 aromatic carbocycles. The van der Waals surface area contributed by atoms with Gasteiger partial charge in [0.1, 0.15) is 0 Å². The highest BCUT2D eigenvalue weighted by Gasteiger charge is 2.38. The summed E-state index contributed by atoms with van der Waals surface area (Å²) in [5.41, 5.74) is 0.575. The second-order valence-corrected chi connectivity index (χ2v) is 9.57. The number of benzene rings is 1. The number of amides is 1. The molecule has 2 N–H and O–H groups in total. The number of alkyl halides is 3. The zero-order valence-corrected chi connectivity index (χ0v) is 19.3. The highest BCUT2D eigenvalue weighted by Crippen LogP contribution is 2.14. The van der Waals surface area contributed by atoms with Crippen molar-refractivity contribution >= 4 is 37.8 Å². The summed E-state index contributed by atoms with van der Waals surface area (Å²) in [6, 6.07) is 7.13. The average Bonchev–Trinajstić information content (AvgIpc) is 2.71. The van der Waals surface area contributed by atoms with Gasteiger partial charge in [-0.2, -0.15) is 17.5 Å². The van der Waals surface area contributed by atoms with Crippen LogP contribution >= 0.6 is 15.9 Å². The monoisotopic (exact) mass is 531 g/mol. The third-order valence-corrected chi connectivity index (χ3v) is 6.58. The number of carboxylic acids is 1. The van der Waals surface area contributed by atoms with Crippen LogP contribution in [-0.4, -0.2) is 85.8 Å². The van der Waals surface area contributed by atoms with Gasteiger partial charge in [0.15, 0.2) is 0 Å². The molecule has 1 fully saturated rings. The van der Waals surface area contributed by atoms with Gasteiger partial charge in [-0.3, -0.25) is 4.79 Å². The van der Waals surface area contributed by atoms with Crippen LogP contribution in [-0.2, 0) is 14.8 Å². The highest BCUT2D eigenvalue weighted by molar-refractivity contribution is 9.10. The molecule has 0 atom stereocenters. The van der Waals surface area contributed by atoms with Crippen molar-refractivity contribution in [2.75, 3.05) is 45.0 Å². The first kappa shape index (κ1) is 27.3. The zero-order valence-electron chi connectivity index (χ0n) is 16.9. The van der Waals surface area contributed by atoms with Gasteiger partial charge >= 0.3 is 12.1 Å². The van der Waals surface area contributed by atoms with Crippen LogP contribution in [0.3, 0.4) is 0 Å². The highest BCUT2D eigenvalue weighted by atomic mass is 79.9. The summed E-state index contributed by atoms with van der Waals surface area (Å²) in [6.07, 6.45) is -4.30. The van der Waals surface area contributed by atoms with Gasteiger partial charge < -0.3 is 15.3 Å². The normalized spacial score (nSPS) is 15.0. The predicted octanol–water partition coefficient (Wildman–Crippen LogP) is 2.17. The number of hydrogen-bond donors (Lipinski definition) is 2. The maximum absolute atomic E-state index is 12.6. The Hall–Kier alpha value is -1.70. The zero-order chi connectivity index (χ0) is 23.7. The Kier molecular flexibility index (Phi) is 10.9. The smallest absolute Gasteiger partial charge is 0.475 e. The first-order chi connectivity index (χ1) is 14.4. The van der Waals surface area contributed by atoms with Gasteiger partial charge in [0.2, 0.25) is 10.0 Å². The fourth-order valence-corrected chi connectivity index (χ4v) is 4.35. The van der Waals surface area contributed by atoms with Gasteiger partial charge in [0.25, 0.3) is 5.91 Å². The van der Waals surface area contributed by atoms with E-state index in [1.165, 1.54) is 4.31 Å². The van der Waals surface area contributed by atoms with E-state index in [1.807, 2.05) is 19.1 Å². The lowest BCUT2D eigenvalue weighted by atomic mass is 10.2. The molecule has 1 amide bonds. The molecular weight excluding hydrogens is 507 g/mol. The Labute approximate surface area is 187 Å². The lowest BCUT2D eigenvalue weighted by Crippen LogP contribution is -2.48. The molecule has 0 saturated carbocycles. The Morgan fingerprint density at radius 1 is 1.16 bits per heavy atom. The molecule has 0 bridgehead atoms. The van der Waals surface area contributed by atoms with E-state index in [2.05, 4.69) is 21.2 Å². The largest absolute Gasteiger partial charge is 0.490 e. The first-order valence-electron chi connectivity index (χ1n) is 9.42. The number of nitrogens with one attached hydrogen (secondary N) is 1. The molecule has 31 heavy (non-hydrogen) atoms. The molecule has 0 spiro atoms. The number of halogens is 4. The van der Waals surface area contributed by atoms with Crippen LogP contribution in [0.5, 0.6) is 0 Å². The topological polar surface area (TPSA) is 107 Å². The molecule has 0 aliphatic carbocycles. The van der Waals surface area contributed by atoms with Crippen LogP contribution in [0.25, 0.3) is 0 Å².